The molecule has 20 heavy (non-hydrogen) atoms. The Labute approximate surface area is 117 Å². The van der Waals surface area contributed by atoms with E-state index in [2.05, 4.69) is 5.32 Å². The first kappa shape index (κ1) is 13.2. The molecule has 1 heterocycles. The lowest BCUT2D eigenvalue weighted by Crippen LogP contribution is -2.49. The third-order valence-electron chi connectivity index (χ3n) is 4.14. The van der Waals surface area contributed by atoms with Gasteiger partial charge >= 0.3 is 0 Å². The van der Waals surface area contributed by atoms with Gasteiger partial charge in [-0.25, -0.2) is 0 Å². The van der Waals surface area contributed by atoms with Crippen LogP contribution in [0.25, 0.3) is 11.0 Å². The van der Waals surface area contributed by atoms with Gasteiger partial charge in [0.1, 0.15) is 5.58 Å². The number of aryl methyl sites for hydroxylation is 1. The normalized spacial score (nSPS) is 17.5. The number of amides is 1. The first-order valence-corrected chi connectivity index (χ1v) is 7.05. The number of nitrogens with one attached hydrogen (secondary N) is 1. The number of aliphatic hydroxyl groups excluding tert-OH is 1. The molecule has 2 N–H and O–H groups in total. The van der Waals surface area contributed by atoms with E-state index >= 15 is 0 Å². The SMILES string of the molecule is Cc1ccc2oc(C(=O)NC3(CO)CCCC3)cc2c1. The fourth-order valence-electron chi connectivity index (χ4n) is 2.95. The van der Waals surface area contributed by atoms with E-state index in [-0.39, 0.29) is 12.5 Å². The van der Waals surface area contributed by atoms with Crippen molar-refractivity contribution >= 4 is 16.9 Å². The maximum atomic E-state index is 12.3. The van der Waals surface area contributed by atoms with Crippen molar-refractivity contribution in [2.45, 2.75) is 38.1 Å². The molecule has 4 nitrogen and oxygen atoms in total. The monoisotopic (exact) mass is 273 g/mol. The number of carbonyl (C=O) groups is 1. The van der Waals surface area contributed by atoms with Crippen LogP contribution >= 0.6 is 0 Å². The second-order valence-electron chi connectivity index (χ2n) is 5.75. The Morgan fingerprint density at radius 3 is 2.80 bits per heavy atom. The molecule has 106 valence electrons. The maximum absolute atomic E-state index is 12.3. The average molecular weight is 273 g/mol. The summed E-state index contributed by atoms with van der Waals surface area (Å²) in [5.74, 6) is 0.0696. The number of carbonyl (C=O) groups excluding carboxylic acids is 1. The van der Waals surface area contributed by atoms with E-state index in [1.165, 1.54) is 0 Å². The van der Waals surface area contributed by atoms with E-state index in [0.717, 1.165) is 36.6 Å². The number of benzene rings is 1. The molecule has 1 aliphatic carbocycles. The van der Waals surface area contributed by atoms with E-state index in [9.17, 15) is 9.90 Å². The Kier molecular flexibility index (Phi) is 3.26. The van der Waals surface area contributed by atoms with Crippen LogP contribution < -0.4 is 5.32 Å². The highest BCUT2D eigenvalue weighted by atomic mass is 16.3. The van der Waals surface area contributed by atoms with Crippen LogP contribution in [0.3, 0.4) is 0 Å². The second-order valence-corrected chi connectivity index (χ2v) is 5.75. The molecule has 4 heteroatoms. The third kappa shape index (κ3) is 2.31. The fourth-order valence-corrected chi connectivity index (χ4v) is 2.95. The zero-order chi connectivity index (χ0) is 14.2. The lowest BCUT2D eigenvalue weighted by atomic mass is 9.99. The summed E-state index contributed by atoms with van der Waals surface area (Å²) in [6.45, 7) is 1.99. The van der Waals surface area contributed by atoms with Crippen LogP contribution in [0.5, 0.6) is 0 Å². The summed E-state index contributed by atoms with van der Waals surface area (Å²) >= 11 is 0. The van der Waals surface area contributed by atoms with Crippen molar-refractivity contribution in [3.63, 3.8) is 0 Å². The molecule has 0 radical (unpaired) electrons. The van der Waals surface area contributed by atoms with Crippen LogP contribution in [0, 0.1) is 6.92 Å². The summed E-state index contributed by atoms with van der Waals surface area (Å²) in [7, 11) is 0. The van der Waals surface area contributed by atoms with Gasteiger partial charge in [0.15, 0.2) is 5.76 Å². The van der Waals surface area contributed by atoms with Gasteiger partial charge in [-0.3, -0.25) is 4.79 Å². The second kappa shape index (κ2) is 4.94. The Morgan fingerprint density at radius 1 is 1.35 bits per heavy atom. The number of rotatable bonds is 3. The van der Waals surface area contributed by atoms with E-state index < -0.39 is 5.54 Å². The molecule has 0 atom stereocenters. The number of furan rings is 1. The molecule has 3 rings (SSSR count). The molecule has 0 saturated heterocycles. The Morgan fingerprint density at radius 2 is 2.10 bits per heavy atom. The first-order chi connectivity index (χ1) is 9.62. The molecule has 0 unspecified atom stereocenters. The van der Waals surface area contributed by atoms with Crippen LogP contribution in [0.2, 0.25) is 0 Å². The quantitative estimate of drug-likeness (QED) is 0.904. The van der Waals surface area contributed by atoms with Crippen molar-refractivity contribution in [3.8, 4) is 0 Å². The predicted molar refractivity (Wildman–Crippen MR) is 76.7 cm³/mol. The average Bonchev–Trinajstić information content (AvgIpc) is 3.05. The minimum atomic E-state index is -0.466. The van der Waals surface area contributed by atoms with Crippen molar-refractivity contribution in [3.05, 3.63) is 35.6 Å². The van der Waals surface area contributed by atoms with E-state index in [0.29, 0.717) is 11.3 Å². The lowest BCUT2D eigenvalue weighted by Gasteiger charge is -2.27. The van der Waals surface area contributed by atoms with Gasteiger partial charge < -0.3 is 14.8 Å². The highest BCUT2D eigenvalue weighted by Crippen LogP contribution is 2.30. The Hall–Kier alpha value is -1.81. The molecule has 0 bridgehead atoms. The van der Waals surface area contributed by atoms with Gasteiger partial charge in [0.2, 0.25) is 0 Å². The maximum Gasteiger partial charge on any atom is 0.287 e. The van der Waals surface area contributed by atoms with Gasteiger partial charge in [-0.05, 0) is 38.0 Å². The fraction of sp³-hybridized carbons (Fsp3) is 0.438. The number of aliphatic hydroxyl groups is 1. The zero-order valence-electron chi connectivity index (χ0n) is 11.6. The van der Waals surface area contributed by atoms with Crippen LogP contribution in [0.1, 0.15) is 41.8 Å². The van der Waals surface area contributed by atoms with Crippen molar-refractivity contribution in [1.29, 1.82) is 0 Å². The molecule has 1 aromatic carbocycles. The molecule has 0 aliphatic heterocycles. The van der Waals surface area contributed by atoms with Crippen LogP contribution in [0.15, 0.2) is 28.7 Å². The summed E-state index contributed by atoms with van der Waals surface area (Å²) < 4.78 is 5.59. The molecule has 0 spiro atoms. The topological polar surface area (TPSA) is 62.5 Å². The largest absolute Gasteiger partial charge is 0.451 e. The molecule has 1 amide bonds. The molecular weight excluding hydrogens is 254 g/mol. The summed E-state index contributed by atoms with van der Waals surface area (Å²) in [4.78, 5) is 12.3. The van der Waals surface area contributed by atoms with E-state index in [4.69, 9.17) is 4.42 Å². The molecule has 1 saturated carbocycles. The highest BCUT2D eigenvalue weighted by Gasteiger charge is 2.35. The van der Waals surface area contributed by atoms with Gasteiger partial charge in [0.05, 0.1) is 12.1 Å². The number of fused-ring (bicyclic) bond motifs is 1. The summed E-state index contributed by atoms with van der Waals surface area (Å²) in [5.41, 5.74) is 1.38. The summed E-state index contributed by atoms with van der Waals surface area (Å²) in [6, 6.07) is 7.59. The molecule has 2 aromatic rings. The highest BCUT2D eigenvalue weighted by molar-refractivity contribution is 5.96. The van der Waals surface area contributed by atoms with Crippen molar-refractivity contribution in [2.75, 3.05) is 6.61 Å². The van der Waals surface area contributed by atoms with Crippen molar-refractivity contribution < 1.29 is 14.3 Å². The van der Waals surface area contributed by atoms with Crippen LogP contribution in [-0.4, -0.2) is 23.2 Å². The van der Waals surface area contributed by atoms with Gasteiger partial charge in [-0.2, -0.15) is 0 Å². The van der Waals surface area contributed by atoms with Crippen LogP contribution in [0.4, 0.5) is 0 Å². The predicted octanol–water partition coefficient (Wildman–Crippen LogP) is 2.78. The Balaban J connectivity index is 1.85. The van der Waals surface area contributed by atoms with E-state index in [1.807, 2.05) is 25.1 Å². The van der Waals surface area contributed by atoms with Crippen molar-refractivity contribution in [2.24, 2.45) is 0 Å². The lowest BCUT2D eigenvalue weighted by molar-refractivity contribution is 0.0813. The molecule has 1 aliphatic rings. The van der Waals surface area contributed by atoms with Gasteiger partial charge in [-0.1, -0.05) is 24.5 Å². The summed E-state index contributed by atoms with van der Waals surface area (Å²) in [5, 5.41) is 13.4. The Bertz CT molecular complexity index is 638. The zero-order valence-corrected chi connectivity index (χ0v) is 11.6. The van der Waals surface area contributed by atoms with Gasteiger partial charge in [-0.15, -0.1) is 0 Å². The van der Waals surface area contributed by atoms with Gasteiger partial charge in [0, 0.05) is 5.39 Å². The molecular formula is C16H19NO3. The standard InChI is InChI=1S/C16H19NO3/c1-11-4-5-13-12(8-11)9-14(20-13)15(19)17-16(10-18)6-2-3-7-16/h4-5,8-9,18H,2-3,6-7,10H2,1H3,(H,17,19). The summed E-state index contributed by atoms with van der Waals surface area (Å²) in [6.07, 6.45) is 3.74. The molecule has 1 fully saturated rings. The first-order valence-electron chi connectivity index (χ1n) is 7.05. The smallest absolute Gasteiger partial charge is 0.287 e. The third-order valence-corrected chi connectivity index (χ3v) is 4.14. The number of hydrogen-bond acceptors (Lipinski definition) is 3. The van der Waals surface area contributed by atoms with E-state index in [1.54, 1.807) is 6.07 Å². The minimum absolute atomic E-state index is 0.0158. The minimum Gasteiger partial charge on any atom is -0.451 e. The van der Waals surface area contributed by atoms with Gasteiger partial charge in [0.25, 0.3) is 5.91 Å². The van der Waals surface area contributed by atoms with Crippen molar-refractivity contribution in [1.82, 2.24) is 5.32 Å². The van der Waals surface area contributed by atoms with Crippen LogP contribution in [-0.2, 0) is 0 Å². The molecule has 1 aromatic heterocycles. The number of hydrogen-bond donors (Lipinski definition) is 2.